The van der Waals surface area contributed by atoms with Gasteiger partial charge in [0.25, 0.3) is 15.3 Å². The lowest BCUT2D eigenvalue weighted by molar-refractivity contribution is 0.0696. The van der Waals surface area contributed by atoms with Gasteiger partial charge in [-0.3, -0.25) is 9.52 Å². The van der Waals surface area contributed by atoms with E-state index in [1.54, 1.807) is 52.2 Å². The van der Waals surface area contributed by atoms with Crippen LogP contribution in [0.25, 0.3) is 0 Å². The summed E-state index contributed by atoms with van der Waals surface area (Å²) in [7, 11) is -0.847. The van der Waals surface area contributed by atoms with Gasteiger partial charge in [-0.1, -0.05) is 12.1 Å². The van der Waals surface area contributed by atoms with Gasteiger partial charge >= 0.3 is 5.97 Å². The van der Waals surface area contributed by atoms with Crippen LogP contribution in [0.4, 0.5) is 10.5 Å². The molecule has 0 fully saturated rings. The van der Waals surface area contributed by atoms with Crippen molar-refractivity contribution in [3.8, 4) is 0 Å². The maximum Gasteiger partial charge on any atom is 0.335 e. The second kappa shape index (κ2) is 8.01. The first kappa shape index (κ1) is 20.8. The van der Waals surface area contributed by atoms with Crippen molar-refractivity contribution in [3.63, 3.8) is 0 Å². The number of nitrogens with one attached hydrogen (secondary N) is 1. The second-order valence-corrected chi connectivity index (χ2v) is 8.73. The maximum absolute atomic E-state index is 12.9. The van der Waals surface area contributed by atoms with Gasteiger partial charge in [0.05, 0.1) is 16.1 Å². The highest BCUT2D eigenvalue weighted by molar-refractivity contribution is 8.13. The van der Waals surface area contributed by atoms with E-state index in [0.29, 0.717) is 16.0 Å². The van der Waals surface area contributed by atoms with E-state index < -0.39 is 16.0 Å². The predicted octanol–water partition coefficient (Wildman–Crippen LogP) is 3.58. The van der Waals surface area contributed by atoms with Gasteiger partial charge in [-0.2, -0.15) is 0 Å². The molecule has 0 aliphatic heterocycles. The number of carboxylic acids is 1. The van der Waals surface area contributed by atoms with E-state index in [1.807, 2.05) is 0 Å². The number of thioether (sulfide) groups is 1. The fourth-order valence-corrected chi connectivity index (χ4v) is 4.49. The topological polar surface area (TPSA) is 104 Å². The second-order valence-electron chi connectivity index (χ2n) is 6.09. The number of carbonyl (C=O) groups excluding carboxylic acids is 1. The highest BCUT2D eigenvalue weighted by atomic mass is 32.2. The summed E-state index contributed by atoms with van der Waals surface area (Å²) in [4.78, 5) is 25.0. The number of carbonyl (C=O) groups is 2. The quantitative estimate of drug-likeness (QED) is 0.733. The van der Waals surface area contributed by atoms with Crippen LogP contribution in [0.5, 0.6) is 0 Å². The van der Waals surface area contributed by atoms with E-state index in [0.717, 1.165) is 17.8 Å². The minimum atomic E-state index is -4.05. The van der Waals surface area contributed by atoms with Crippen molar-refractivity contribution >= 4 is 38.7 Å². The van der Waals surface area contributed by atoms with E-state index in [4.69, 9.17) is 0 Å². The van der Waals surface area contributed by atoms with Gasteiger partial charge in [-0.15, -0.1) is 0 Å². The Hall–Kier alpha value is -2.52. The van der Waals surface area contributed by atoms with Crippen LogP contribution in [-0.2, 0) is 10.0 Å². The molecule has 0 aromatic heterocycles. The molecule has 2 rings (SSSR count). The van der Waals surface area contributed by atoms with Crippen LogP contribution in [-0.4, -0.2) is 43.7 Å². The van der Waals surface area contributed by atoms with E-state index in [-0.39, 0.29) is 21.4 Å². The van der Waals surface area contributed by atoms with Gasteiger partial charge < -0.3 is 10.0 Å². The first-order valence-electron chi connectivity index (χ1n) is 7.88. The van der Waals surface area contributed by atoms with Crippen LogP contribution >= 0.6 is 11.8 Å². The molecule has 2 N–H and O–H groups in total. The molecular formula is C18H20N2O5S2. The number of carboxylic acid groups (broad SMARTS) is 1. The van der Waals surface area contributed by atoms with E-state index >= 15 is 0 Å². The fraction of sp³-hybridized carbons (Fsp3) is 0.222. The number of anilines is 1. The molecule has 7 nitrogen and oxygen atoms in total. The number of para-hydroxylation sites is 1. The molecule has 0 atom stereocenters. The number of amides is 1. The first-order chi connectivity index (χ1) is 12.5. The van der Waals surface area contributed by atoms with Gasteiger partial charge in [-0.25, -0.2) is 13.2 Å². The SMILES string of the molecule is Cc1cc(C(=O)O)cc(S(=O)(=O)Nc2ccccc2SC(=O)N(C)C)c1C. The highest BCUT2D eigenvalue weighted by Crippen LogP contribution is 2.31. The van der Waals surface area contributed by atoms with Gasteiger partial charge in [0, 0.05) is 19.0 Å². The summed E-state index contributed by atoms with van der Waals surface area (Å²) in [5.41, 5.74) is 1.15. The van der Waals surface area contributed by atoms with Gasteiger partial charge in [0.1, 0.15) is 0 Å². The smallest absolute Gasteiger partial charge is 0.335 e. The molecule has 1 amide bonds. The number of benzene rings is 2. The van der Waals surface area contributed by atoms with Gasteiger partial charge in [-0.05, 0) is 61.0 Å². The summed E-state index contributed by atoms with van der Waals surface area (Å²) in [6, 6.07) is 9.09. The van der Waals surface area contributed by atoms with Crippen molar-refractivity contribution in [2.24, 2.45) is 0 Å². The number of aryl methyl sites for hydroxylation is 1. The molecular weight excluding hydrogens is 388 g/mol. The summed E-state index contributed by atoms with van der Waals surface area (Å²) in [5.74, 6) is -1.21. The van der Waals surface area contributed by atoms with Crippen molar-refractivity contribution in [1.29, 1.82) is 0 Å². The summed E-state index contributed by atoms with van der Waals surface area (Å²) in [6.45, 7) is 3.27. The third kappa shape index (κ3) is 4.81. The van der Waals surface area contributed by atoms with Crippen LogP contribution < -0.4 is 4.72 Å². The molecule has 2 aromatic rings. The van der Waals surface area contributed by atoms with E-state index in [9.17, 15) is 23.1 Å². The van der Waals surface area contributed by atoms with Gasteiger partial charge in [0.15, 0.2) is 0 Å². The third-order valence-corrected chi connectivity index (χ3v) is 6.46. The van der Waals surface area contributed by atoms with Crippen molar-refractivity contribution in [3.05, 3.63) is 53.1 Å². The van der Waals surface area contributed by atoms with Gasteiger partial charge in [0.2, 0.25) is 0 Å². The number of hydrogen-bond acceptors (Lipinski definition) is 5. The Balaban J connectivity index is 2.47. The zero-order chi connectivity index (χ0) is 20.4. The average Bonchev–Trinajstić information content (AvgIpc) is 2.58. The Kier molecular flexibility index (Phi) is 6.17. The molecule has 2 aromatic carbocycles. The summed E-state index contributed by atoms with van der Waals surface area (Å²) < 4.78 is 28.3. The van der Waals surface area contributed by atoms with Crippen LogP contribution in [0, 0.1) is 13.8 Å². The van der Waals surface area contributed by atoms with Crippen molar-refractivity contribution in [2.45, 2.75) is 23.6 Å². The van der Waals surface area contributed by atoms with Crippen molar-refractivity contribution in [1.82, 2.24) is 4.90 Å². The fourth-order valence-electron chi connectivity index (χ4n) is 2.25. The molecule has 0 saturated carbocycles. The molecule has 144 valence electrons. The molecule has 0 saturated heterocycles. The average molecular weight is 409 g/mol. The Morgan fingerprint density at radius 3 is 2.33 bits per heavy atom. The minimum Gasteiger partial charge on any atom is -0.478 e. The standard InChI is InChI=1S/C18H20N2O5S2/c1-11-9-13(17(21)22)10-16(12(11)2)27(24,25)19-14-7-5-6-8-15(14)26-18(23)20(3)4/h5-10,19H,1-4H3,(H,21,22). The normalized spacial score (nSPS) is 11.1. The lowest BCUT2D eigenvalue weighted by atomic mass is 10.1. The first-order valence-corrected chi connectivity index (χ1v) is 10.2. The molecule has 0 aliphatic rings. The largest absolute Gasteiger partial charge is 0.478 e. The molecule has 0 heterocycles. The van der Waals surface area contributed by atoms with Crippen LogP contribution in [0.3, 0.4) is 0 Å². The van der Waals surface area contributed by atoms with Crippen LogP contribution in [0.2, 0.25) is 0 Å². The summed E-state index contributed by atoms with van der Waals surface area (Å²) >= 11 is 0.896. The summed E-state index contributed by atoms with van der Waals surface area (Å²) in [5, 5.41) is 8.97. The molecule has 0 bridgehead atoms. The Morgan fingerprint density at radius 1 is 1.11 bits per heavy atom. The van der Waals surface area contributed by atoms with Crippen molar-refractivity contribution < 1.29 is 23.1 Å². The Bertz CT molecular complexity index is 1000. The van der Waals surface area contributed by atoms with Crippen molar-refractivity contribution in [2.75, 3.05) is 18.8 Å². The molecule has 0 aliphatic carbocycles. The van der Waals surface area contributed by atoms with E-state index in [2.05, 4.69) is 4.72 Å². The third-order valence-electron chi connectivity index (χ3n) is 3.85. The molecule has 9 heteroatoms. The Labute approximate surface area is 162 Å². The minimum absolute atomic E-state index is 0.107. The monoisotopic (exact) mass is 408 g/mol. The molecule has 0 radical (unpaired) electrons. The number of hydrogen-bond donors (Lipinski definition) is 2. The van der Waals surface area contributed by atoms with Crippen LogP contribution in [0.1, 0.15) is 21.5 Å². The maximum atomic E-state index is 12.9. The van der Waals surface area contributed by atoms with E-state index in [1.165, 1.54) is 11.0 Å². The highest BCUT2D eigenvalue weighted by Gasteiger charge is 2.22. The number of rotatable bonds is 5. The zero-order valence-electron chi connectivity index (χ0n) is 15.3. The molecule has 27 heavy (non-hydrogen) atoms. The lowest BCUT2D eigenvalue weighted by Crippen LogP contribution is -2.18. The molecule has 0 unspecified atom stereocenters. The number of nitrogens with zero attached hydrogens (tertiary/aromatic N) is 1. The lowest BCUT2D eigenvalue weighted by Gasteiger charge is -2.16. The Morgan fingerprint density at radius 2 is 1.74 bits per heavy atom. The molecule has 0 spiro atoms. The summed E-state index contributed by atoms with van der Waals surface area (Å²) in [6.07, 6.45) is 0. The zero-order valence-corrected chi connectivity index (χ0v) is 16.9. The number of sulfonamides is 1. The van der Waals surface area contributed by atoms with Crippen LogP contribution in [0.15, 0.2) is 46.2 Å². The predicted molar refractivity (Wildman–Crippen MR) is 105 cm³/mol. The number of aromatic carboxylic acids is 1.